The topological polar surface area (TPSA) is 157 Å². The van der Waals surface area contributed by atoms with Crippen LogP contribution in [0.25, 0.3) is 0 Å². The average Bonchev–Trinajstić information content (AvgIpc) is 3.43. The number of benzene rings is 1. The highest BCUT2D eigenvalue weighted by molar-refractivity contribution is 6.21. The van der Waals surface area contributed by atoms with Gasteiger partial charge in [0.1, 0.15) is 18.3 Å². The summed E-state index contributed by atoms with van der Waals surface area (Å²) in [5.74, 6) is -0.205. The van der Waals surface area contributed by atoms with Crippen molar-refractivity contribution in [3.8, 4) is 0 Å². The first-order valence-electron chi connectivity index (χ1n) is 16.7. The van der Waals surface area contributed by atoms with Gasteiger partial charge in [-0.2, -0.15) is 0 Å². The number of amides is 2. The molecule has 0 aromatic heterocycles. The van der Waals surface area contributed by atoms with E-state index in [1.165, 1.54) is 5.57 Å². The lowest BCUT2D eigenvalue weighted by Gasteiger charge is -2.62. The number of hydrogen-bond acceptors (Lipinski definition) is 9. The number of hydrogen-bond donors (Lipinski definition) is 5. The van der Waals surface area contributed by atoms with Crippen molar-refractivity contribution >= 4 is 11.8 Å². The van der Waals surface area contributed by atoms with Gasteiger partial charge in [-0.05, 0) is 99.2 Å². The maximum atomic E-state index is 13.0. The lowest BCUT2D eigenvalue weighted by atomic mass is 9.45. The lowest BCUT2D eigenvalue weighted by Crippen LogP contribution is -2.60. The third-order valence-corrected chi connectivity index (χ3v) is 13.1. The first-order chi connectivity index (χ1) is 21.3. The molecule has 7 rings (SSSR count). The zero-order valence-electron chi connectivity index (χ0n) is 26.4. The SMILES string of the molecule is C[C@@H]1O[C@@H](O[C@@H]2C=C3CC[C@@H]4[C@H](CC[C@]5(C)[C@@H](c6ccc7c(c6)C(=O)N(CCO)C7=O)CC[C@]45O)[C@@]3(C)CC2)[C@H](O)[C@H](O)[C@H]1O. The summed E-state index contributed by atoms with van der Waals surface area (Å²) in [7, 11) is 0. The molecule has 0 radical (unpaired) electrons. The minimum atomic E-state index is -1.33. The number of aliphatic hydroxyl groups excluding tert-OH is 4. The predicted molar refractivity (Wildman–Crippen MR) is 162 cm³/mol. The molecule has 1 aromatic carbocycles. The maximum absolute atomic E-state index is 13.0. The minimum absolute atomic E-state index is 0.0174. The second kappa shape index (κ2) is 10.9. The number of carbonyl (C=O) groups excluding carboxylic acids is 2. The van der Waals surface area contributed by atoms with Crippen molar-refractivity contribution < 1.29 is 44.6 Å². The van der Waals surface area contributed by atoms with E-state index in [1.807, 2.05) is 12.1 Å². The van der Waals surface area contributed by atoms with Crippen LogP contribution >= 0.6 is 0 Å². The Bertz CT molecular complexity index is 1410. The number of imide groups is 1. The fourth-order valence-electron chi connectivity index (χ4n) is 10.4. The number of carbonyl (C=O) groups is 2. The Morgan fingerprint density at radius 1 is 0.933 bits per heavy atom. The quantitative estimate of drug-likeness (QED) is 0.245. The van der Waals surface area contributed by atoms with E-state index in [1.54, 1.807) is 13.0 Å². The van der Waals surface area contributed by atoms with Crippen LogP contribution in [0.2, 0.25) is 0 Å². The van der Waals surface area contributed by atoms with E-state index in [4.69, 9.17) is 9.47 Å². The van der Waals surface area contributed by atoms with E-state index in [0.29, 0.717) is 23.5 Å². The van der Waals surface area contributed by atoms with E-state index in [2.05, 4.69) is 19.9 Å². The molecule has 0 unspecified atom stereocenters. The Morgan fingerprint density at radius 2 is 1.69 bits per heavy atom. The van der Waals surface area contributed by atoms with Crippen LogP contribution in [0.3, 0.4) is 0 Å². The van der Waals surface area contributed by atoms with Gasteiger partial charge in [0.25, 0.3) is 11.8 Å². The van der Waals surface area contributed by atoms with Crippen LogP contribution in [0.1, 0.15) is 104 Å². The molecular weight excluding hydrogens is 578 g/mol. The lowest BCUT2D eigenvalue weighted by molar-refractivity contribution is -0.301. The molecule has 246 valence electrons. The highest BCUT2D eigenvalue weighted by Gasteiger charge is 2.66. The van der Waals surface area contributed by atoms with Crippen LogP contribution in [-0.2, 0) is 9.47 Å². The highest BCUT2D eigenvalue weighted by Crippen LogP contribution is 2.70. The normalized spacial score (nSPS) is 45.9. The minimum Gasteiger partial charge on any atom is -0.395 e. The van der Waals surface area contributed by atoms with Crippen molar-refractivity contribution in [2.45, 2.75) is 120 Å². The maximum Gasteiger partial charge on any atom is 0.261 e. The number of β-amino-alcohol motifs (C(OH)–C–C–N with tert-alkyl or cyclic N) is 1. The molecule has 12 atom stereocenters. The molecule has 4 fully saturated rings. The summed E-state index contributed by atoms with van der Waals surface area (Å²) < 4.78 is 11.9. The van der Waals surface area contributed by atoms with Gasteiger partial charge in [-0.25, -0.2) is 0 Å². The number of nitrogens with zero attached hydrogens (tertiary/aromatic N) is 1. The first-order valence-corrected chi connectivity index (χ1v) is 16.7. The van der Waals surface area contributed by atoms with Crippen LogP contribution in [0.15, 0.2) is 29.8 Å². The van der Waals surface area contributed by atoms with Crippen LogP contribution in [0, 0.1) is 22.7 Å². The van der Waals surface area contributed by atoms with Gasteiger partial charge in [-0.15, -0.1) is 0 Å². The third kappa shape index (κ3) is 4.47. The van der Waals surface area contributed by atoms with Crippen molar-refractivity contribution in [3.63, 3.8) is 0 Å². The molecule has 2 heterocycles. The van der Waals surface area contributed by atoms with Gasteiger partial charge in [0.2, 0.25) is 0 Å². The molecule has 1 saturated heterocycles. The molecule has 2 amide bonds. The first kappa shape index (κ1) is 31.4. The Hall–Kier alpha value is -2.18. The van der Waals surface area contributed by atoms with E-state index in [0.717, 1.165) is 55.4 Å². The Balaban J connectivity index is 1.10. The summed E-state index contributed by atoms with van der Waals surface area (Å²) in [4.78, 5) is 26.9. The molecular formula is C35H47NO9. The zero-order valence-corrected chi connectivity index (χ0v) is 26.4. The van der Waals surface area contributed by atoms with Crippen molar-refractivity contribution in [3.05, 3.63) is 46.5 Å². The van der Waals surface area contributed by atoms with Crippen LogP contribution in [-0.4, -0.2) is 97.8 Å². The standard InChI is InChI=1S/C35H47NO9/c1-18-27(38)28(39)29(40)32(44-18)45-21-8-11-33(2)20(17-21)5-7-26-25(33)9-12-34(3)24(10-13-35(26,34)43)19-4-6-22-23(16-19)31(42)36(14-15-37)30(22)41/h4,6,16-18,21,24-29,32,37-40,43H,5,7-15H2,1-3H3/t18-,21-,24+,25-,26+,27-,28+,29+,32-,33-,34+,35-/m0/s1. The van der Waals surface area contributed by atoms with E-state index < -0.39 is 36.3 Å². The summed E-state index contributed by atoms with van der Waals surface area (Å²) in [6.45, 7) is 5.92. The largest absolute Gasteiger partial charge is 0.395 e. The molecule has 0 spiro atoms. The zero-order chi connectivity index (χ0) is 32.1. The number of allylic oxidation sites excluding steroid dienone is 1. The summed E-state index contributed by atoms with van der Waals surface area (Å²) in [6.07, 6.45) is 3.10. The molecule has 6 aliphatic rings. The van der Waals surface area contributed by atoms with Crippen molar-refractivity contribution in [1.82, 2.24) is 4.90 Å². The van der Waals surface area contributed by atoms with Gasteiger partial charge in [-0.3, -0.25) is 14.5 Å². The van der Waals surface area contributed by atoms with Gasteiger partial charge < -0.3 is 35.0 Å². The molecule has 2 aliphatic heterocycles. The molecule has 10 nitrogen and oxygen atoms in total. The number of ether oxygens (including phenoxy) is 2. The second-order valence-electron chi connectivity index (χ2n) is 15.0. The third-order valence-electron chi connectivity index (χ3n) is 13.1. The second-order valence-corrected chi connectivity index (χ2v) is 15.0. The number of aliphatic hydroxyl groups is 5. The summed E-state index contributed by atoms with van der Waals surface area (Å²) in [6, 6.07) is 5.56. The van der Waals surface area contributed by atoms with Gasteiger partial charge in [0, 0.05) is 5.41 Å². The fourth-order valence-corrected chi connectivity index (χ4v) is 10.4. The van der Waals surface area contributed by atoms with Crippen LogP contribution in [0.5, 0.6) is 0 Å². The van der Waals surface area contributed by atoms with Gasteiger partial charge in [-0.1, -0.05) is 31.6 Å². The van der Waals surface area contributed by atoms with Crippen molar-refractivity contribution in [1.29, 1.82) is 0 Å². The monoisotopic (exact) mass is 625 g/mol. The van der Waals surface area contributed by atoms with E-state index in [-0.39, 0.29) is 53.7 Å². The van der Waals surface area contributed by atoms with Crippen molar-refractivity contribution in [2.24, 2.45) is 22.7 Å². The smallest absolute Gasteiger partial charge is 0.261 e. The Kier molecular flexibility index (Phi) is 7.64. The summed E-state index contributed by atoms with van der Waals surface area (Å²) in [5.41, 5.74) is 1.80. The molecule has 3 saturated carbocycles. The average molecular weight is 626 g/mol. The van der Waals surface area contributed by atoms with E-state index in [9.17, 15) is 35.1 Å². The molecule has 0 bridgehead atoms. The molecule has 45 heavy (non-hydrogen) atoms. The highest BCUT2D eigenvalue weighted by atomic mass is 16.7. The molecule has 5 N–H and O–H groups in total. The summed E-state index contributed by atoms with van der Waals surface area (Å²) >= 11 is 0. The van der Waals surface area contributed by atoms with Gasteiger partial charge >= 0.3 is 0 Å². The Labute approximate surface area is 264 Å². The number of fused-ring (bicyclic) bond motifs is 6. The van der Waals surface area contributed by atoms with Crippen LogP contribution < -0.4 is 0 Å². The Morgan fingerprint density at radius 3 is 2.44 bits per heavy atom. The van der Waals surface area contributed by atoms with Gasteiger partial charge in [0.15, 0.2) is 6.29 Å². The van der Waals surface area contributed by atoms with Crippen LogP contribution in [0.4, 0.5) is 0 Å². The fraction of sp³-hybridized carbons (Fsp3) is 0.714. The molecule has 4 aliphatic carbocycles. The molecule has 1 aromatic rings. The van der Waals surface area contributed by atoms with Gasteiger partial charge in [0.05, 0.1) is 42.1 Å². The number of rotatable bonds is 5. The molecule has 10 heteroatoms. The summed E-state index contributed by atoms with van der Waals surface area (Å²) in [5, 5.41) is 52.8. The van der Waals surface area contributed by atoms with Crippen molar-refractivity contribution in [2.75, 3.05) is 13.2 Å². The predicted octanol–water partition coefficient (Wildman–Crippen LogP) is 2.65. The van der Waals surface area contributed by atoms with E-state index >= 15 is 0 Å².